The predicted octanol–water partition coefficient (Wildman–Crippen LogP) is 0.0342. The molecule has 120 valence electrons. The fraction of sp³-hybridized carbons (Fsp3) is 0.833. The maximum Gasteiger partial charge on any atom is 0.327 e. The van der Waals surface area contributed by atoms with Crippen molar-refractivity contribution in [2.24, 2.45) is 5.92 Å². The van der Waals surface area contributed by atoms with Crippen LogP contribution in [0, 0.1) is 5.92 Å². The molecule has 2 aliphatic rings. The van der Waals surface area contributed by atoms with E-state index in [0.29, 0.717) is 37.6 Å². The van der Waals surface area contributed by atoms with Gasteiger partial charge < -0.3 is 10.0 Å². The van der Waals surface area contributed by atoms with Gasteiger partial charge in [0.25, 0.3) is 0 Å². The first kappa shape index (κ1) is 16.6. The highest BCUT2D eigenvalue weighted by Crippen LogP contribution is 2.27. The highest BCUT2D eigenvalue weighted by molar-refractivity contribution is 7.99. The van der Waals surface area contributed by atoms with E-state index < -0.39 is 22.0 Å². The Morgan fingerprint density at radius 1 is 1.29 bits per heavy atom. The summed E-state index contributed by atoms with van der Waals surface area (Å²) in [6, 6.07) is -0.750. The summed E-state index contributed by atoms with van der Waals surface area (Å²) in [6.45, 7) is 2.28. The van der Waals surface area contributed by atoms with E-state index in [1.54, 1.807) is 6.92 Å². The van der Waals surface area contributed by atoms with Crippen molar-refractivity contribution in [3.05, 3.63) is 0 Å². The number of hydrogen-bond donors (Lipinski definition) is 1. The molecular formula is C12H20N2O5S2. The average molecular weight is 336 g/mol. The number of piperidine rings is 1. The molecular weight excluding hydrogens is 316 g/mol. The van der Waals surface area contributed by atoms with Crippen molar-refractivity contribution in [1.82, 2.24) is 9.21 Å². The molecule has 0 unspecified atom stereocenters. The summed E-state index contributed by atoms with van der Waals surface area (Å²) >= 11 is 1.44. The molecule has 1 N–H and O–H groups in total. The molecule has 0 aromatic carbocycles. The van der Waals surface area contributed by atoms with Crippen molar-refractivity contribution in [1.29, 1.82) is 0 Å². The Labute approximate surface area is 128 Å². The predicted molar refractivity (Wildman–Crippen MR) is 79.4 cm³/mol. The number of carbonyl (C=O) groups excluding carboxylic acids is 1. The van der Waals surface area contributed by atoms with E-state index in [4.69, 9.17) is 5.11 Å². The number of carbonyl (C=O) groups is 2. The maximum atomic E-state index is 12.4. The van der Waals surface area contributed by atoms with E-state index in [1.165, 1.54) is 21.0 Å². The number of amides is 1. The van der Waals surface area contributed by atoms with Crippen LogP contribution < -0.4 is 0 Å². The normalized spacial score (nSPS) is 25.2. The van der Waals surface area contributed by atoms with E-state index in [1.807, 2.05) is 0 Å². The zero-order valence-electron chi connectivity index (χ0n) is 11.9. The molecule has 2 heterocycles. The number of thioether (sulfide) groups is 1. The molecule has 7 nitrogen and oxygen atoms in total. The van der Waals surface area contributed by atoms with Crippen LogP contribution in [0.3, 0.4) is 0 Å². The number of nitrogens with zero attached hydrogens (tertiary/aromatic N) is 2. The molecule has 2 rings (SSSR count). The molecule has 0 radical (unpaired) electrons. The first-order chi connectivity index (χ1) is 9.86. The van der Waals surface area contributed by atoms with Crippen LogP contribution in [0.15, 0.2) is 0 Å². The molecule has 0 saturated carbocycles. The lowest BCUT2D eigenvalue weighted by molar-refractivity contribution is -0.149. The third-order valence-corrected chi connectivity index (χ3v) is 6.91. The summed E-state index contributed by atoms with van der Waals surface area (Å²) in [7, 11) is -3.20. The second kappa shape index (κ2) is 6.53. The molecule has 0 spiro atoms. The Kier molecular flexibility index (Phi) is 5.15. The number of carboxylic acid groups (broad SMARTS) is 1. The van der Waals surface area contributed by atoms with Crippen LogP contribution in [0.25, 0.3) is 0 Å². The van der Waals surface area contributed by atoms with Crippen LogP contribution in [0.5, 0.6) is 0 Å². The summed E-state index contributed by atoms with van der Waals surface area (Å²) in [6.07, 6.45) is 0.928. The highest BCUT2D eigenvalue weighted by atomic mass is 32.2. The number of rotatable bonds is 4. The summed E-state index contributed by atoms with van der Waals surface area (Å²) in [5.74, 6) is -0.503. The molecule has 9 heteroatoms. The van der Waals surface area contributed by atoms with Crippen molar-refractivity contribution in [3.8, 4) is 0 Å². The number of aliphatic carboxylic acids is 1. The van der Waals surface area contributed by atoms with Crippen LogP contribution in [-0.4, -0.2) is 71.1 Å². The second-order valence-electron chi connectivity index (χ2n) is 5.24. The van der Waals surface area contributed by atoms with Crippen molar-refractivity contribution in [2.75, 3.05) is 30.5 Å². The first-order valence-electron chi connectivity index (χ1n) is 6.95. The van der Waals surface area contributed by atoms with Crippen LogP contribution in [0.1, 0.15) is 19.8 Å². The number of hydrogen-bond acceptors (Lipinski definition) is 5. The summed E-state index contributed by atoms with van der Waals surface area (Å²) < 4.78 is 25.0. The van der Waals surface area contributed by atoms with Crippen molar-refractivity contribution < 1.29 is 23.1 Å². The lowest BCUT2D eigenvalue weighted by Gasteiger charge is -2.33. The Morgan fingerprint density at radius 3 is 2.43 bits per heavy atom. The molecule has 0 aliphatic carbocycles. The van der Waals surface area contributed by atoms with Gasteiger partial charge >= 0.3 is 5.97 Å². The molecule has 2 aliphatic heterocycles. The Morgan fingerprint density at radius 2 is 1.90 bits per heavy atom. The van der Waals surface area contributed by atoms with Gasteiger partial charge in [-0.3, -0.25) is 4.79 Å². The highest BCUT2D eigenvalue weighted by Gasteiger charge is 2.39. The Balaban J connectivity index is 1.96. The number of carboxylic acids is 1. The van der Waals surface area contributed by atoms with Gasteiger partial charge in [-0.2, -0.15) is 0 Å². The Bertz CT molecular complexity index is 514. The molecule has 0 bridgehead atoms. The van der Waals surface area contributed by atoms with Crippen LogP contribution in [0.2, 0.25) is 0 Å². The Hall–Kier alpha value is -0.800. The van der Waals surface area contributed by atoms with Crippen molar-refractivity contribution in [2.45, 2.75) is 25.8 Å². The third kappa shape index (κ3) is 3.51. The van der Waals surface area contributed by atoms with Crippen molar-refractivity contribution >= 4 is 33.7 Å². The van der Waals surface area contributed by atoms with Gasteiger partial charge in [0.15, 0.2) is 0 Å². The van der Waals surface area contributed by atoms with Gasteiger partial charge in [0, 0.05) is 24.8 Å². The largest absolute Gasteiger partial charge is 0.480 e. The van der Waals surface area contributed by atoms with Gasteiger partial charge in [0.05, 0.1) is 11.6 Å². The summed E-state index contributed by atoms with van der Waals surface area (Å²) in [5, 5.41) is 9.12. The van der Waals surface area contributed by atoms with E-state index in [0.717, 1.165) is 0 Å². The van der Waals surface area contributed by atoms with Gasteiger partial charge in [-0.15, -0.1) is 11.8 Å². The van der Waals surface area contributed by atoms with Gasteiger partial charge in [-0.25, -0.2) is 17.5 Å². The second-order valence-corrected chi connectivity index (χ2v) is 8.49. The minimum Gasteiger partial charge on any atom is -0.480 e. The lowest BCUT2D eigenvalue weighted by atomic mass is 9.96. The lowest BCUT2D eigenvalue weighted by Crippen LogP contribution is -2.48. The van der Waals surface area contributed by atoms with E-state index in [9.17, 15) is 18.0 Å². The smallest absolute Gasteiger partial charge is 0.327 e. The van der Waals surface area contributed by atoms with E-state index >= 15 is 0 Å². The maximum absolute atomic E-state index is 12.4. The van der Waals surface area contributed by atoms with Gasteiger partial charge in [0.1, 0.15) is 6.04 Å². The topological polar surface area (TPSA) is 95.0 Å². The molecule has 1 atom stereocenters. The molecule has 1 amide bonds. The summed E-state index contributed by atoms with van der Waals surface area (Å²) in [4.78, 5) is 25.0. The van der Waals surface area contributed by atoms with Gasteiger partial charge in [-0.05, 0) is 19.8 Å². The van der Waals surface area contributed by atoms with Crippen LogP contribution >= 0.6 is 11.8 Å². The molecule has 21 heavy (non-hydrogen) atoms. The van der Waals surface area contributed by atoms with E-state index in [2.05, 4.69) is 0 Å². The van der Waals surface area contributed by atoms with Crippen molar-refractivity contribution in [3.63, 3.8) is 0 Å². The minimum absolute atomic E-state index is 0.0649. The summed E-state index contributed by atoms with van der Waals surface area (Å²) in [5.41, 5.74) is 0. The molecule has 2 saturated heterocycles. The molecule has 2 fully saturated rings. The SMILES string of the molecule is CCS(=O)(=O)N1CCC(C(=O)N2CSC[C@H]2C(=O)O)CC1. The fourth-order valence-corrected chi connectivity index (χ4v) is 4.95. The minimum atomic E-state index is -3.20. The zero-order valence-corrected chi connectivity index (χ0v) is 13.5. The first-order valence-corrected chi connectivity index (χ1v) is 9.72. The standard InChI is InChI=1S/C12H20N2O5S2/c1-2-21(18,19)13-5-3-9(4-6-13)11(15)14-8-20-7-10(14)12(16)17/h9-10H,2-8H2,1H3,(H,16,17)/t10-/m0/s1. The molecule has 0 aromatic rings. The quantitative estimate of drug-likeness (QED) is 0.778. The van der Waals surface area contributed by atoms with Crippen LogP contribution in [0.4, 0.5) is 0 Å². The van der Waals surface area contributed by atoms with Crippen LogP contribution in [-0.2, 0) is 19.6 Å². The third-order valence-electron chi connectivity index (χ3n) is 4.01. The van der Waals surface area contributed by atoms with Gasteiger partial charge in [0.2, 0.25) is 15.9 Å². The number of sulfonamides is 1. The molecule has 0 aromatic heterocycles. The monoisotopic (exact) mass is 336 g/mol. The average Bonchev–Trinajstić information content (AvgIpc) is 2.96. The zero-order chi connectivity index (χ0) is 15.6. The van der Waals surface area contributed by atoms with Gasteiger partial charge in [-0.1, -0.05) is 0 Å². The van der Waals surface area contributed by atoms with E-state index in [-0.39, 0.29) is 17.6 Å². The fourth-order valence-electron chi connectivity index (χ4n) is 2.66.